The average molecular weight is 199 g/mol. The third kappa shape index (κ3) is 4.81. The summed E-state index contributed by atoms with van der Waals surface area (Å²) in [5.74, 6) is 0.365. The molecule has 1 rings (SSSR count). The van der Waals surface area contributed by atoms with Gasteiger partial charge in [0.1, 0.15) is 0 Å². The fourth-order valence-electron chi connectivity index (χ4n) is 1.14. The van der Waals surface area contributed by atoms with Gasteiger partial charge in [0, 0.05) is 6.54 Å². The highest BCUT2D eigenvalue weighted by Crippen LogP contribution is 2.31. The summed E-state index contributed by atoms with van der Waals surface area (Å²) < 4.78 is 0. The Morgan fingerprint density at radius 2 is 1.93 bits per heavy atom. The van der Waals surface area contributed by atoms with Crippen molar-refractivity contribution in [3.05, 3.63) is 0 Å². The van der Waals surface area contributed by atoms with E-state index in [1.807, 2.05) is 0 Å². The van der Waals surface area contributed by atoms with Crippen molar-refractivity contribution < 1.29 is 9.59 Å². The first-order chi connectivity index (χ1) is 6.72. The van der Waals surface area contributed by atoms with E-state index in [4.69, 9.17) is 5.73 Å². The first-order valence-electron chi connectivity index (χ1n) is 4.96. The molecule has 0 aromatic heterocycles. The van der Waals surface area contributed by atoms with Crippen LogP contribution in [0.1, 0.15) is 19.3 Å². The van der Waals surface area contributed by atoms with E-state index in [2.05, 4.69) is 10.6 Å². The van der Waals surface area contributed by atoms with Crippen LogP contribution in [0.15, 0.2) is 0 Å². The number of nitrogens with two attached hydrogens (primary N) is 1. The zero-order chi connectivity index (χ0) is 10.4. The zero-order valence-electron chi connectivity index (χ0n) is 8.21. The number of rotatable bonds is 6. The third-order valence-corrected chi connectivity index (χ3v) is 2.20. The largest absolute Gasteiger partial charge is 0.355 e. The molecule has 14 heavy (non-hydrogen) atoms. The van der Waals surface area contributed by atoms with E-state index >= 15 is 0 Å². The lowest BCUT2D eigenvalue weighted by atomic mass is 10.3. The Morgan fingerprint density at radius 1 is 1.21 bits per heavy atom. The standard InChI is InChI=1S/C9H17N3O2/c10-5-8(13)12-6-9(14)11-4-3-7-1-2-7/h7H,1-6,10H2,(H,11,14)(H,12,13). The van der Waals surface area contributed by atoms with Crippen molar-refractivity contribution in [2.45, 2.75) is 19.3 Å². The molecule has 1 saturated carbocycles. The van der Waals surface area contributed by atoms with Crippen LogP contribution in [0.25, 0.3) is 0 Å². The summed E-state index contributed by atoms with van der Waals surface area (Å²) in [5.41, 5.74) is 5.06. The van der Waals surface area contributed by atoms with Gasteiger partial charge in [0.15, 0.2) is 0 Å². The monoisotopic (exact) mass is 199 g/mol. The smallest absolute Gasteiger partial charge is 0.239 e. The van der Waals surface area contributed by atoms with Gasteiger partial charge in [-0.15, -0.1) is 0 Å². The molecule has 1 aliphatic carbocycles. The van der Waals surface area contributed by atoms with Gasteiger partial charge in [0.25, 0.3) is 0 Å². The molecule has 0 heterocycles. The Kier molecular flexibility index (Phi) is 4.39. The molecule has 5 nitrogen and oxygen atoms in total. The lowest BCUT2D eigenvalue weighted by molar-refractivity contribution is -0.125. The first-order valence-corrected chi connectivity index (χ1v) is 4.96. The fraction of sp³-hybridized carbons (Fsp3) is 0.778. The number of hydrogen-bond donors (Lipinski definition) is 3. The molecule has 4 N–H and O–H groups in total. The summed E-state index contributed by atoms with van der Waals surface area (Å²) in [6, 6.07) is 0. The molecule has 0 spiro atoms. The number of hydrogen-bond acceptors (Lipinski definition) is 3. The number of amides is 2. The van der Waals surface area contributed by atoms with E-state index in [0.29, 0.717) is 6.54 Å². The number of carbonyl (C=O) groups excluding carboxylic acids is 2. The number of nitrogens with one attached hydrogen (secondary N) is 2. The predicted octanol–water partition coefficient (Wildman–Crippen LogP) is -1.02. The Hall–Kier alpha value is -1.10. The van der Waals surface area contributed by atoms with Crippen molar-refractivity contribution in [2.24, 2.45) is 11.7 Å². The Morgan fingerprint density at radius 3 is 2.50 bits per heavy atom. The molecule has 0 saturated heterocycles. The van der Waals surface area contributed by atoms with Gasteiger partial charge in [-0.25, -0.2) is 0 Å². The normalized spacial score (nSPS) is 14.9. The van der Waals surface area contributed by atoms with Crippen molar-refractivity contribution in [1.29, 1.82) is 0 Å². The van der Waals surface area contributed by atoms with E-state index < -0.39 is 0 Å². The maximum atomic E-state index is 11.1. The van der Waals surface area contributed by atoms with Crippen LogP contribution in [0.3, 0.4) is 0 Å². The fourth-order valence-corrected chi connectivity index (χ4v) is 1.14. The first kappa shape index (κ1) is 11.0. The second kappa shape index (κ2) is 5.59. The molecule has 0 aromatic carbocycles. The average Bonchev–Trinajstić information content (AvgIpc) is 2.98. The van der Waals surface area contributed by atoms with Crippen LogP contribution in [-0.4, -0.2) is 31.4 Å². The van der Waals surface area contributed by atoms with E-state index in [0.717, 1.165) is 12.3 Å². The highest BCUT2D eigenvalue weighted by atomic mass is 16.2. The van der Waals surface area contributed by atoms with Gasteiger partial charge in [0.05, 0.1) is 13.1 Å². The quantitative estimate of drug-likeness (QED) is 0.512. The molecule has 1 fully saturated rings. The van der Waals surface area contributed by atoms with Gasteiger partial charge in [-0.1, -0.05) is 12.8 Å². The topological polar surface area (TPSA) is 84.2 Å². The van der Waals surface area contributed by atoms with E-state index in [1.54, 1.807) is 0 Å². The summed E-state index contributed by atoms with van der Waals surface area (Å²) in [6.45, 7) is 0.665. The summed E-state index contributed by atoms with van der Waals surface area (Å²) in [5, 5.41) is 5.15. The minimum atomic E-state index is -0.303. The maximum Gasteiger partial charge on any atom is 0.239 e. The highest BCUT2D eigenvalue weighted by Gasteiger charge is 2.20. The lowest BCUT2D eigenvalue weighted by Crippen LogP contribution is -2.39. The molecule has 0 radical (unpaired) electrons. The van der Waals surface area contributed by atoms with Crippen LogP contribution in [0.5, 0.6) is 0 Å². The van der Waals surface area contributed by atoms with Crippen molar-refractivity contribution >= 4 is 11.8 Å². The molecule has 5 heteroatoms. The molecule has 1 aliphatic rings. The van der Waals surface area contributed by atoms with Gasteiger partial charge in [-0.2, -0.15) is 0 Å². The Balaban J connectivity index is 1.94. The van der Waals surface area contributed by atoms with Crippen LogP contribution in [-0.2, 0) is 9.59 Å². The minimum absolute atomic E-state index is 0.0285. The molecule has 0 unspecified atom stereocenters. The van der Waals surface area contributed by atoms with Gasteiger partial charge in [-0.3, -0.25) is 9.59 Å². The van der Waals surface area contributed by atoms with Crippen LogP contribution in [0.4, 0.5) is 0 Å². The van der Waals surface area contributed by atoms with Crippen molar-refractivity contribution in [3.63, 3.8) is 0 Å². The van der Waals surface area contributed by atoms with Crippen molar-refractivity contribution in [3.8, 4) is 0 Å². The Labute approximate surface area is 83.4 Å². The van der Waals surface area contributed by atoms with E-state index in [9.17, 15) is 9.59 Å². The summed E-state index contributed by atoms with van der Waals surface area (Å²) in [4.78, 5) is 21.8. The number of carbonyl (C=O) groups is 2. The minimum Gasteiger partial charge on any atom is -0.355 e. The summed E-state index contributed by atoms with van der Waals surface area (Å²) >= 11 is 0. The highest BCUT2D eigenvalue weighted by molar-refractivity contribution is 5.85. The van der Waals surface area contributed by atoms with Crippen LogP contribution in [0.2, 0.25) is 0 Å². The van der Waals surface area contributed by atoms with Crippen LogP contribution < -0.4 is 16.4 Å². The van der Waals surface area contributed by atoms with Gasteiger partial charge in [0.2, 0.25) is 11.8 Å². The van der Waals surface area contributed by atoms with Crippen LogP contribution in [0, 0.1) is 5.92 Å². The molecular weight excluding hydrogens is 182 g/mol. The second-order valence-electron chi connectivity index (χ2n) is 3.56. The van der Waals surface area contributed by atoms with E-state index in [-0.39, 0.29) is 24.9 Å². The molecule has 0 atom stereocenters. The van der Waals surface area contributed by atoms with Crippen molar-refractivity contribution in [1.82, 2.24) is 10.6 Å². The third-order valence-electron chi connectivity index (χ3n) is 2.20. The Bertz CT molecular complexity index is 214. The molecule has 0 aliphatic heterocycles. The van der Waals surface area contributed by atoms with Gasteiger partial charge in [-0.05, 0) is 12.3 Å². The zero-order valence-corrected chi connectivity index (χ0v) is 8.21. The second-order valence-corrected chi connectivity index (χ2v) is 3.56. The van der Waals surface area contributed by atoms with Gasteiger partial charge >= 0.3 is 0 Å². The molecule has 0 bridgehead atoms. The predicted molar refractivity (Wildman–Crippen MR) is 52.4 cm³/mol. The molecule has 2 amide bonds. The molecule has 0 aromatic rings. The summed E-state index contributed by atoms with van der Waals surface area (Å²) in [7, 11) is 0. The lowest BCUT2D eigenvalue weighted by Gasteiger charge is -2.05. The van der Waals surface area contributed by atoms with E-state index in [1.165, 1.54) is 12.8 Å². The maximum absolute atomic E-state index is 11.1. The molecular formula is C9H17N3O2. The SMILES string of the molecule is NCC(=O)NCC(=O)NCCC1CC1. The van der Waals surface area contributed by atoms with Crippen molar-refractivity contribution in [2.75, 3.05) is 19.6 Å². The van der Waals surface area contributed by atoms with Gasteiger partial charge < -0.3 is 16.4 Å². The van der Waals surface area contributed by atoms with Crippen LogP contribution >= 0.6 is 0 Å². The summed E-state index contributed by atoms with van der Waals surface area (Å²) in [6.07, 6.45) is 3.64. The molecule has 80 valence electrons.